The molecule has 9 aromatic carbocycles. The first kappa shape index (κ1) is 33.2. The van der Waals surface area contributed by atoms with E-state index in [1.54, 1.807) is 0 Å². The molecule has 57 heavy (non-hydrogen) atoms. The van der Waals surface area contributed by atoms with Crippen molar-refractivity contribution in [2.24, 2.45) is 0 Å². The molecule has 0 aliphatic rings. The maximum absolute atomic E-state index is 2.41. The van der Waals surface area contributed by atoms with Crippen LogP contribution in [0.5, 0.6) is 0 Å². The molecule has 0 bridgehead atoms. The van der Waals surface area contributed by atoms with Gasteiger partial charge in [-0.15, -0.1) is 11.3 Å². The van der Waals surface area contributed by atoms with Crippen molar-refractivity contribution in [3.8, 4) is 39.1 Å². The van der Waals surface area contributed by atoms with E-state index in [2.05, 4.69) is 228 Å². The number of benzene rings is 9. The van der Waals surface area contributed by atoms with Crippen molar-refractivity contribution < 1.29 is 0 Å². The van der Waals surface area contributed by atoms with Gasteiger partial charge in [0.2, 0.25) is 0 Å². The molecule has 3 heteroatoms. The summed E-state index contributed by atoms with van der Waals surface area (Å²) in [4.78, 5) is 2.39. The Balaban J connectivity index is 0.962. The molecule has 0 fully saturated rings. The van der Waals surface area contributed by atoms with Crippen molar-refractivity contribution in [1.29, 1.82) is 0 Å². The highest BCUT2D eigenvalue weighted by atomic mass is 32.1. The van der Waals surface area contributed by atoms with Gasteiger partial charge in [-0.25, -0.2) is 0 Å². The predicted molar refractivity (Wildman–Crippen MR) is 245 cm³/mol. The number of para-hydroxylation sites is 2. The Morgan fingerprint density at radius 1 is 0.368 bits per heavy atom. The van der Waals surface area contributed by atoms with Crippen LogP contribution in [-0.4, -0.2) is 4.57 Å². The molecular weight excluding hydrogens is 709 g/mol. The second-order valence-corrected chi connectivity index (χ2v) is 15.6. The Morgan fingerprint density at radius 3 is 1.70 bits per heavy atom. The molecule has 0 amide bonds. The van der Waals surface area contributed by atoms with Gasteiger partial charge in [-0.1, -0.05) is 158 Å². The number of fused-ring (bicyclic) bond motifs is 6. The van der Waals surface area contributed by atoms with E-state index >= 15 is 0 Å². The molecule has 2 heterocycles. The SMILES string of the molecule is c1ccc(-c2cccc3c2c2ccc(-c4ccc(-c5ccc(N(c6ccccc6)c6cccc7c6sc6ccccc67)cc5)cc4)cc2n3-c2ccccc2)cc1. The summed E-state index contributed by atoms with van der Waals surface area (Å²) in [5.74, 6) is 0. The molecule has 0 atom stereocenters. The van der Waals surface area contributed by atoms with E-state index in [1.807, 2.05) is 11.3 Å². The second kappa shape index (κ2) is 13.8. The Hall–Kier alpha value is -7.20. The van der Waals surface area contributed by atoms with Crippen LogP contribution >= 0.6 is 11.3 Å². The molecule has 0 aliphatic heterocycles. The minimum atomic E-state index is 1.13. The molecule has 11 rings (SSSR count). The fraction of sp³-hybridized carbons (Fsp3) is 0. The monoisotopic (exact) mass is 744 g/mol. The van der Waals surface area contributed by atoms with Crippen LogP contribution in [0, 0.1) is 0 Å². The zero-order valence-corrected chi connectivity index (χ0v) is 31.9. The molecule has 2 aromatic heterocycles. The first-order chi connectivity index (χ1) is 28.3. The van der Waals surface area contributed by atoms with Crippen LogP contribution in [-0.2, 0) is 0 Å². The predicted octanol–water partition coefficient (Wildman–Crippen LogP) is 15.6. The maximum atomic E-state index is 2.41. The number of hydrogen-bond donors (Lipinski definition) is 0. The number of aromatic nitrogens is 1. The van der Waals surface area contributed by atoms with E-state index in [0.717, 1.165) is 17.1 Å². The average Bonchev–Trinajstić information content (AvgIpc) is 3.84. The lowest BCUT2D eigenvalue weighted by molar-refractivity contribution is 1.18. The second-order valence-electron chi connectivity index (χ2n) is 14.5. The smallest absolute Gasteiger partial charge is 0.0640 e. The van der Waals surface area contributed by atoms with Gasteiger partial charge in [0, 0.05) is 43.3 Å². The summed E-state index contributed by atoms with van der Waals surface area (Å²) >= 11 is 1.86. The minimum Gasteiger partial charge on any atom is -0.309 e. The van der Waals surface area contributed by atoms with Crippen molar-refractivity contribution in [3.63, 3.8) is 0 Å². The Morgan fingerprint density at radius 2 is 0.947 bits per heavy atom. The van der Waals surface area contributed by atoms with Crippen molar-refractivity contribution >= 4 is 70.4 Å². The lowest BCUT2D eigenvalue weighted by Gasteiger charge is -2.26. The molecule has 0 spiro atoms. The number of hydrogen-bond acceptors (Lipinski definition) is 2. The fourth-order valence-electron chi connectivity index (χ4n) is 8.53. The van der Waals surface area contributed by atoms with E-state index < -0.39 is 0 Å². The van der Waals surface area contributed by atoms with Crippen molar-refractivity contribution in [1.82, 2.24) is 4.57 Å². The van der Waals surface area contributed by atoms with Gasteiger partial charge in [-0.3, -0.25) is 0 Å². The summed E-state index contributed by atoms with van der Waals surface area (Å²) in [5.41, 5.74) is 14.3. The quantitative estimate of drug-likeness (QED) is 0.158. The third-order valence-electron chi connectivity index (χ3n) is 11.2. The van der Waals surface area contributed by atoms with Crippen LogP contribution in [0.2, 0.25) is 0 Å². The van der Waals surface area contributed by atoms with Gasteiger partial charge in [-0.2, -0.15) is 0 Å². The fourth-order valence-corrected chi connectivity index (χ4v) is 9.74. The van der Waals surface area contributed by atoms with E-state index in [9.17, 15) is 0 Å². The largest absolute Gasteiger partial charge is 0.309 e. The summed E-state index contributed by atoms with van der Waals surface area (Å²) in [6.07, 6.45) is 0. The van der Waals surface area contributed by atoms with Gasteiger partial charge < -0.3 is 9.47 Å². The van der Waals surface area contributed by atoms with Crippen LogP contribution in [0.15, 0.2) is 218 Å². The summed E-state index contributed by atoms with van der Waals surface area (Å²) in [6.45, 7) is 0. The number of nitrogens with zero attached hydrogens (tertiary/aromatic N) is 2. The van der Waals surface area contributed by atoms with Gasteiger partial charge in [-0.05, 0) is 94.0 Å². The van der Waals surface area contributed by atoms with Crippen LogP contribution in [0.4, 0.5) is 17.1 Å². The Labute approximate surface area is 335 Å². The highest BCUT2D eigenvalue weighted by Crippen LogP contribution is 2.45. The van der Waals surface area contributed by atoms with Crippen molar-refractivity contribution in [3.05, 3.63) is 218 Å². The van der Waals surface area contributed by atoms with Gasteiger partial charge in [0.25, 0.3) is 0 Å². The van der Waals surface area contributed by atoms with E-state index in [0.29, 0.717) is 0 Å². The number of thiophene rings is 1. The van der Waals surface area contributed by atoms with E-state index in [-0.39, 0.29) is 0 Å². The Kier molecular flexibility index (Phi) is 8.04. The summed E-state index contributed by atoms with van der Waals surface area (Å²) in [7, 11) is 0. The molecule has 0 aliphatic carbocycles. The van der Waals surface area contributed by atoms with E-state index in [4.69, 9.17) is 0 Å². The van der Waals surface area contributed by atoms with Crippen LogP contribution in [0.3, 0.4) is 0 Å². The van der Waals surface area contributed by atoms with Crippen LogP contribution in [0.25, 0.3) is 81.0 Å². The topological polar surface area (TPSA) is 8.17 Å². The number of rotatable bonds is 7. The molecule has 0 unspecified atom stereocenters. The van der Waals surface area contributed by atoms with E-state index in [1.165, 1.54) is 81.0 Å². The van der Waals surface area contributed by atoms with Crippen LogP contribution in [0.1, 0.15) is 0 Å². The molecule has 0 saturated carbocycles. The normalized spacial score (nSPS) is 11.5. The lowest BCUT2D eigenvalue weighted by Crippen LogP contribution is -2.09. The molecule has 0 radical (unpaired) electrons. The van der Waals surface area contributed by atoms with Gasteiger partial charge >= 0.3 is 0 Å². The highest BCUT2D eigenvalue weighted by Gasteiger charge is 2.19. The Bertz CT molecular complexity index is 3200. The first-order valence-corrected chi connectivity index (χ1v) is 20.2. The van der Waals surface area contributed by atoms with Crippen molar-refractivity contribution in [2.75, 3.05) is 4.90 Å². The number of anilines is 3. The molecular formula is C54H36N2S. The standard InChI is InChI=1S/C54H36N2S/c1-4-14-40(15-5-1)45-21-12-23-49-53(45)48-35-32-41(36-51(48)56(49)43-18-8-3-9-19-43)39-28-26-37(27-29-39)38-30-33-44(34-31-38)55(42-16-6-2-7-17-42)50-24-13-22-47-46-20-10-11-25-52(46)57-54(47)50/h1-36H. The minimum absolute atomic E-state index is 1.13. The summed E-state index contributed by atoms with van der Waals surface area (Å²) in [5, 5.41) is 5.13. The molecule has 0 N–H and O–H groups in total. The highest BCUT2D eigenvalue weighted by molar-refractivity contribution is 7.26. The molecule has 2 nitrogen and oxygen atoms in total. The third-order valence-corrected chi connectivity index (χ3v) is 12.4. The zero-order chi connectivity index (χ0) is 37.7. The van der Waals surface area contributed by atoms with Gasteiger partial charge in [0.1, 0.15) is 0 Å². The third kappa shape index (κ3) is 5.71. The lowest BCUT2D eigenvalue weighted by atomic mass is 9.97. The molecule has 11 aromatic rings. The van der Waals surface area contributed by atoms with Gasteiger partial charge in [0.05, 0.1) is 21.4 Å². The first-order valence-electron chi connectivity index (χ1n) is 19.4. The summed E-state index contributed by atoms with van der Waals surface area (Å²) < 4.78 is 5.01. The average molecular weight is 745 g/mol. The molecule has 0 saturated heterocycles. The zero-order valence-electron chi connectivity index (χ0n) is 31.1. The van der Waals surface area contributed by atoms with Crippen LogP contribution < -0.4 is 4.90 Å². The maximum Gasteiger partial charge on any atom is 0.0640 e. The van der Waals surface area contributed by atoms with Gasteiger partial charge in [0.15, 0.2) is 0 Å². The summed E-state index contributed by atoms with van der Waals surface area (Å²) in [6, 6.07) is 79.2. The van der Waals surface area contributed by atoms with Crippen molar-refractivity contribution in [2.45, 2.75) is 0 Å². The molecule has 268 valence electrons.